The van der Waals surface area contributed by atoms with Crippen LogP contribution in [0.5, 0.6) is 0 Å². The van der Waals surface area contributed by atoms with Crippen molar-refractivity contribution in [1.29, 1.82) is 5.26 Å². The van der Waals surface area contributed by atoms with Crippen molar-refractivity contribution in [3.63, 3.8) is 0 Å². The van der Waals surface area contributed by atoms with Crippen LogP contribution in [0.2, 0.25) is 0 Å². The number of nitrogens with zero attached hydrogens (tertiary/aromatic N) is 1. The highest BCUT2D eigenvalue weighted by atomic mass is 16.5. The van der Waals surface area contributed by atoms with Gasteiger partial charge in [0.15, 0.2) is 0 Å². The van der Waals surface area contributed by atoms with Gasteiger partial charge in [-0.3, -0.25) is 0 Å². The first-order chi connectivity index (χ1) is 7.86. The lowest BCUT2D eigenvalue weighted by molar-refractivity contribution is 0.132. The van der Waals surface area contributed by atoms with E-state index in [2.05, 4.69) is 12.2 Å². The number of hydrogen-bond acceptors (Lipinski definition) is 4. The summed E-state index contributed by atoms with van der Waals surface area (Å²) in [5.41, 5.74) is 0. The summed E-state index contributed by atoms with van der Waals surface area (Å²) in [6.45, 7) is 5.12. The van der Waals surface area contributed by atoms with Crippen LogP contribution < -0.4 is 5.32 Å². The maximum absolute atomic E-state index is 8.56. The lowest BCUT2D eigenvalue weighted by Gasteiger charge is -2.03. The summed E-state index contributed by atoms with van der Waals surface area (Å²) in [7, 11) is 0. The van der Waals surface area contributed by atoms with E-state index in [1.807, 2.05) is 12.1 Å². The molecule has 1 rings (SSSR count). The van der Waals surface area contributed by atoms with E-state index in [9.17, 15) is 0 Å². The van der Waals surface area contributed by atoms with E-state index in [4.69, 9.17) is 14.4 Å². The fourth-order valence-corrected chi connectivity index (χ4v) is 1.24. The Labute approximate surface area is 96.2 Å². The molecule has 0 saturated heterocycles. The summed E-state index contributed by atoms with van der Waals surface area (Å²) in [4.78, 5) is 0. The van der Waals surface area contributed by atoms with E-state index in [-0.39, 0.29) is 0 Å². The molecule has 4 nitrogen and oxygen atoms in total. The summed E-state index contributed by atoms with van der Waals surface area (Å²) >= 11 is 0. The molecular weight excluding hydrogens is 204 g/mol. The van der Waals surface area contributed by atoms with Gasteiger partial charge in [-0.2, -0.15) is 5.26 Å². The first-order valence-electron chi connectivity index (χ1n) is 5.64. The van der Waals surface area contributed by atoms with E-state index in [0.717, 1.165) is 31.8 Å². The molecule has 0 saturated carbocycles. The summed E-state index contributed by atoms with van der Waals surface area (Å²) < 4.78 is 10.6. The second kappa shape index (κ2) is 7.91. The van der Waals surface area contributed by atoms with Gasteiger partial charge in [0.2, 0.25) is 5.76 Å². The van der Waals surface area contributed by atoms with Crippen LogP contribution in [0.4, 0.5) is 0 Å². The highest BCUT2D eigenvalue weighted by Crippen LogP contribution is 2.05. The highest BCUT2D eigenvalue weighted by Gasteiger charge is 1.99. The number of furan rings is 1. The van der Waals surface area contributed by atoms with Gasteiger partial charge in [-0.05, 0) is 18.6 Å². The minimum absolute atomic E-state index is 0.357. The Morgan fingerprint density at radius 2 is 2.31 bits per heavy atom. The van der Waals surface area contributed by atoms with Gasteiger partial charge in [-0.15, -0.1) is 0 Å². The third-order valence-electron chi connectivity index (χ3n) is 2.14. The SMILES string of the molecule is CCCCOCCNCc1ccc(C#N)o1. The molecule has 0 atom stereocenters. The summed E-state index contributed by atoms with van der Waals surface area (Å²) in [6.07, 6.45) is 2.28. The molecule has 0 unspecified atom stereocenters. The largest absolute Gasteiger partial charge is 0.449 e. The van der Waals surface area contributed by atoms with Crippen LogP contribution in [0.3, 0.4) is 0 Å². The van der Waals surface area contributed by atoms with Crippen molar-refractivity contribution < 1.29 is 9.15 Å². The van der Waals surface area contributed by atoms with Crippen LogP contribution in [-0.4, -0.2) is 19.8 Å². The second-order valence-electron chi connectivity index (χ2n) is 3.52. The Morgan fingerprint density at radius 3 is 3.00 bits per heavy atom. The number of ether oxygens (including phenoxy) is 1. The average molecular weight is 222 g/mol. The van der Waals surface area contributed by atoms with Gasteiger partial charge in [0, 0.05) is 13.2 Å². The third kappa shape index (κ3) is 4.96. The predicted molar refractivity (Wildman–Crippen MR) is 60.9 cm³/mol. The molecular formula is C12H18N2O2. The minimum atomic E-state index is 0.357. The molecule has 0 radical (unpaired) electrons. The number of hydrogen-bond donors (Lipinski definition) is 1. The molecule has 0 aliphatic rings. The van der Waals surface area contributed by atoms with Crippen LogP contribution in [0.15, 0.2) is 16.5 Å². The zero-order chi connectivity index (χ0) is 11.6. The molecule has 1 aromatic rings. The molecule has 0 amide bonds. The zero-order valence-corrected chi connectivity index (χ0v) is 9.66. The van der Waals surface area contributed by atoms with Crippen molar-refractivity contribution in [1.82, 2.24) is 5.32 Å². The molecule has 0 bridgehead atoms. The van der Waals surface area contributed by atoms with Crippen molar-refractivity contribution in [2.24, 2.45) is 0 Å². The fourth-order valence-electron chi connectivity index (χ4n) is 1.24. The van der Waals surface area contributed by atoms with Crippen LogP contribution >= 0.6 is 0 Å². The van der Waals surface area contributed by atoms with Gasteiger partial charge in [0.25, 0.3) is 0 Å². The van der Waals surface area contributed by atoms with Crippen molar-refractivity contribution in [3.05, 3.63) is 23.7 Å². The molecule has 1 heterocycles. The predicted octanol–water partition coefficient (Wildman–Crippen LogP) is 2.06. The molecule has 1 N–H and O–H groups in total. The number of rotatable bonds is 8. The first-order valence-corrected chi connectivity index (χ1v) is 5.64. The zero-order valence-electron chi connectivity index (χ0n) is 9.66. The Kier molecular flexibility index (Phi) is 6.31. The quantitative estimate of drug-likeness (QED) is 0.684. The van der Waals surface area contributed by atoms with Crippen LogP contribution in [0.1, 0.15) is 31.3 Å². The summed E-state index contributed by atoms with van der Waals surface area (Å²) in [5, 5.41) is 11.7. The van der Waals surface area contributed by atoms with Gasteiger partial charge < -0.3 is 14.5 Å². The van der Waals surface area contributed by atoms with Crippen LogP contribution in [0.25, 0.3) is 0 Å². The number of nitrogens with one attached hydrogen (secondary N) is 1. The second-order valence-corrected chi connectivity index (χ2v) is 3.52. The Bertz CT molecular complexity index is 328. The molecule has 1 aromatic heterocycles. The minimum Gasteiger partial charge on any atom is -0.449 e. The van der Waals surface area contributed by atoms with Crippen molar-refractivity contribution in [2.45, 2.75) is 26.3 Å². The molecule has 4 heteroatoms. The molecule has 0 aliphatic carbocycles. The van der Waals surface area contributed by atoms with Gasteiger partial charge in [-0.25, -0.2) is 0 Å². The number of unbranched alkanes of at least 4 members (excludes halogenated alkanes) is 1. The fraction of sp³-hybridized carbons (Fsp3) is 0.583. The molecule has 0 aliphatic heterocycles. The van der Waals surface area contributed by atoms with E-state index >= 15 is 0 Å². The third-order valence-corrected chi connectivity index (χ3v) is 2.14. The molecule has 16 heavy (non-hydrogen) atoms. The standard InChI is InChI=1S/C12H18N2O2/c1-2-3-7-15-8-6-14-10-12-5-4-11(9-13)16-12/h4-5,14H,2-3,6-8,10H2,1H3. The van der Waals surface area contributed by atoms with Crippen molar-refractivity contribution in [3.8, 4) is 6.07 Å². The maximum atomic E-state index is 8.56. The lowest BCUT2D eigenvalue weighted by atomic mass is 10.4. The van der Waals surface area contributed by atoms with Gasteiger partial charge in [0.1, 0.15) is 11.8 Å². The van der Waals surface area contributed by atoms with E-state index in [1.165, 1.54) is 0 Å². The maximum Gasteiger partial charge on any atom is 0.203 e. The van der Waals surface area contributed by atoms with E-state index < -0.39 is 0 Å². The van der Waals surface area contributed by atoms with Crippen molar-refractivity contribution in [2.75, 3.05) is 19.8 Å². The van der Waals surface area contributed by atoms with E-state index in [0.29, 0.717) is 18.9 Å². The highest BCUT2D eigenvalue weighted by molar-refractivity contribution is 5.18. The smallest absolute Gasteiger partial charge is 0.203 e. The Morgan fingerprint density at radius 1 is 1.44 bits per heavy atom. The summed E-state index contributed by atoms with van der Waals surface area (Å²) in [6, 6.07) is 5.44. The molecule has 88 valence electrons. The summed E-state index contributed by atoms with van der Waals surface area (Å²) in [5.74, 6) is 1.14. The number of nitriles is 1. The topological polar surface area (TPSA) is 58.2 Å². The molecule has 0 spiro atoms. The van der Waals surface area contributed by atoms with Crippen LogP contribution in [-0.2, 0) is 11.3 Å². The van der Waals surface area contributed by atoms with Gasteiger partial charge in [-0.1, -0.05) is 13.3 Å². The molecule has 0 aromatic carbocycles. The Balaban J connectivity index is 2.01. The molecule has 0 fully saturated rings. The van der Waals surface area contributed by atoms with Gasteiger partial charge in [0.05, 0.1) is 13.2 Å². The Hall–Kier alpha value is -1.31. The first kappa shape index (κ1) is 12.8. The normalized spacial score (nSPS) is 10.2. The monoisotopic (exact) mass is 222 g/mol. The van der Waals surface area contributed by atoms with E-state index in [1.54, 1.807) is 6.07 Å². The lowest BCUT2D eigenvalue weighted by Crippen LogP contribution is -2.19. The van der Waals surface area contributed by atoms with Crippen molar-refractivity contribution >= 4 is 0 Å². The van der Waals surface area contributed by atoms with Crippen LogP contribution in [0, 0.1) is 11.3 Å². The average Bonchev–Trinajstić information content (AvgIpc) is 2.76. The van der Waals surface area contributed by atoms with Gasteiger partial charge >= 0.3 is 0 Å².